The molecule has 100 valence electrons. The average Bonchev–Trinajstić information content (AvgIpc) is 2.44. The van der Waals surface area contributed by atoms with Crippen LogP contribution < -0.4 is 4.43 Å². The molecule has 3 rings (SSSR count). The Bertz CT molecular complexity index is 935. The van der Waals surface area contributed by atoms with Gasteiger partial charge >= 0.3 is 0 Å². The van der Waals surface area contributed by atoms with E-state index in [4.69, 9.17) is 11.6 Å². The monoisotopic (exact) mass is 291 g/mol. The number of nitro benzene ring substituents is 1. The standard InChI is InChI=1S/C12H6ClN3O4/c13-7-1-3-9-11(5-7)15(18)12-6-8(16(19)20)2-4-10(12)14(9)17/h1-6H. The minimum absolute atomic E-state index is 0.0559. The van der Waals surface area contributed by atoms with Crippen molar-refractivity contribution < 1.29 is 9.35 Å². The normalized spacial score (nSPS) is 11.1. The van der Waals surface area contributed by atoms with Gasteiger partial charge in [-0.3, -0.25) is 10.1 Å². The van der Waals surface area contributed by atoms with Gasteiger partial charge in [-0.25, -0.2) is 0 Å². The maximum absolute atomic E-state index is 12.3. The molecule has 0 bridgehead atoms. The van der Waals surface area contributed by atoms with Crippen LogP contribution in [-0.4, -0.2) is 9.65 Å². The summed E-state index contributed by atoms with van der Waals surface area (Å²) >= 11 is 5.80. The molecule has 0 amide bonds. The first-order chi connectivity index (χ1) is 9.49. The van der Waals surface area contributed by atoms with Gasteiger partial charge in [0.05, 0.1) is 9.35 Å². The van der Waals surface area contributed by atoms with Crippen LogP contribution in [0.3, 0.4) is 0 Å². The highest BCUT2D eigenvalue weighted by molar-refractivity contribution is 6.31. The van der Waals surface area contributed by atoms with Crippen molar-refractivity contribution in [1.29, 1.82) is 0 Å². The Morgan fingerprint density at radius 3 is 2.35 bits per heavy atom. The van der Waals surface area contributed by atoms with Gasteiger partial charge in [0.25, 0.3) is 16.7 Å². The molecule has 0 spiro atoms. The predicted molar refractivity (Wildman–Crippen MR) is 73.2 cm³/mol. The number of halogens is 1. The van der Waals surface area contributed by atoms with Gasteiger partial charge in [0.1, 0.15) is 11.0 Å². The smallest absolute Gasteiger partial charge is 0.287 e. The van der Waals surface area contributed by atoms with Crippen LogP contribution in [0.2, 0.25) is 5.02 Å². The third kappa shape index (κ3) is 1.68. The van der Waals surface area contributed by atoms with Crippen molar-refractivity contribution in [3.8, 4) is 0 Å². The Hall–Kier alpha value is -2.67. The van der Waals surface area contributed by atoms with E-state index in [-0.39, 0.29) is 27.8 Å². The highest BCUT2D eigenvalue weighted by Gasteiger charge is 2.18. The Balaban J connectivity index is 2.55. The zero-order valence-corrected chi connectivity index (χ0v) is 10.6. The van der Waals surface area contributed by atoms with Crippen LogP contribution in [0, 0.1) is 20.2 Å². The molecule has 0 fully saturated rings. The van der Waals surface area contributed by atoms with Crippen LogP contribution in [0.1, 0.15) is 0 Å². The lowest BCUT2D eigenvalue weighted by Crippen LogP contribution is -2.19. The van der Waals surface area contributed by atoms with Crippen molar-refractivity contribution in [2.24, 2.45) is 0 Å². The van der Waals surface area contributed by atoms with Crippen LogP contribution in [-0.2, 0) is 0 Å². The molecule has 2 aromatic carbocycles. The quantitative estimate of drug-likeness (QED) is 0.298. The maximum Gasteiger partial charge on any atom is 0.287 e. The molecule has 0 atom stereocenters. The van der Waals surface area contributed by atoms with Gasteiger partial charge in [-0.05, 0) is 12.1 Å². The van der Waals surface area contributed by atoms with Gasteiger partial charge in [-0.1, -0.05) is 11.6 Å². The Morgan fingerprint density at radius 2 is 1.70 bits per heavy atom. The number of hydrogen-bond donors (Lipinski definition) is 0. The van der Waals surface area contributed by atoms with E-state index in [1.165, 1.54) is 30.3 Å². The first kappa shape index (κ1) is 12.4. The van der Waals surface area contributed by atoms with Gasteiger partial charge in [-0.15, -0.1) is 0 Å². The summed E-state index contributed by atoms with van der Waals surface area (Å²) < 4.78 is 1.02. The van der Waals surface area contributed by atoms with Crippen molar-refractivity contribution in [1.82, 2.24) is 4.73 Å². The molecule has 0 saturated heterocycles. The fourth-order valence-corrected chi connectivity index (χ4v) is 2.22. The molecule has 3 aromatic rings. The molecule has 0 N–H and O–H groups in total. The summed E-state index contributed by atoms with van der Waals surface area (Å²) in [5, 5.41) is 23.3. The minimum atomic E-state index is -0.628. The fraction of sp³-hybridized carbons (Fsp3) is 0. The molecule has 1 aromatic heterocycles. The van der Waals surface area contributed by atoms with E-state index in [1.54, 1.807) is 0 Å². The van der Waals surface area contributed by atoms with Gasteiger partial charge < -0.3 is 9.94 Å². The molecular weight excluding hydrogens is 286 g/mol. The summed E-state index contributed by atoms with van der Waals surface area (Å²) in [5.41, 5.74) is -0.0841. The summed E-state index contributed by atoms with van der Waals surface area (Å²) in [7, 11) is 0. The van der Waals surface area contributed by atoms with Crippen LogP contribution in [0.4, 0.5) is 5.69 Å². The molecule has 7 nitrogen and oxygen atoms in total. The first-order valence-electron chi connectivity index (χ1n) is 5.51. The highest BCUT2D eigenvalue weighted by atomic mass is 35.5. The molecule has 1 heterocycles. The molecule has 20 heavy (non-hydrogen) atoms. The van der Waals surface area contributed by atoms with E-state index in [0.717, 1.165) is 6.07 Å². The number of rotatable bonds is 1. The van der Waals surface area contributed by atoms with Gasteiger partial charge in [-0.2, -0.15) is 0 Å². The zero-order chi connectivity index (χ0) is 14.4. The van der Waals surface area contributed by atoms with E-state index < -0.39 is 4.92 Å². The Kier molecular flexibility index (Phi) is 2.58. The van der Waals surface area contributed by atoms with Crippen molar-refractivity contribution in [3.05, 3.63) is 61.6 Å². The van der Waals surface area contributed by atoms with Crippen LogP contribution in [0.5, 0.6) is 0 Å². The second kappa shape index (κ2) is 4.17. The second-order valence-electron chi connectivity index (χ2n) is 4.15. The average molecular weight is 292 g/mol. The number of non-ortho nitro benzene ring substituents is 1. The third-order valence-electron chi connectivity index (χ3n) is 2.98. The van der Waals surface area contributed by atoms with Crippen LogP contribution in [0.15, 0.2) is 36.4 Å². The summed E-state index contributed by atoms with van der Waals surface area (Å²) in [4.78, 5) is 22.3. The number of fused-ring (bicyclic) bond motifs is 2. The molecule has 0 radical (unpaired) electrons. The van der Waals surface area contributed by atoms with Crippen LogP contribution >= 0.6 is 11.6 Å². The van der Waals surface area contributed by atoms with Gasteiger partial charge in [0.15, 0.2) is 0 Å². The van der Waals surface area contributed by atoms with E-state index in [2.05, 4.69) is 0 Å². The maximum atomic E-state index is 12.3. The summed E-state index contributed by atoms with van der Waals surface area (Å²) in [6.45, 7) is 0. The topological polar surface area (TPSA) is 94.1 Å². The second-order valence-corrected chi connectivity index (χ2v) is 4.59. The lowest BCUT2D eigenvalue weighted by atomic mass is 10.2. The summed E-state index contributed by atoms with van der Waals surface area (Å²) in [5.74, 6) is 0. The highest BCUT2D eigenvalue weighted by Crippen LogP contribution is 2.23. The minimum Gasteiger partial charge on any atom is -0.805 e. The molecular formula is C12H6ClN3O4. The Labute approximate surface area is 116 Å². The zero-order valence-electron chi connectivity index (χ0n) is 9.82. The molecule has 0 unspecified atom stereocenters. The van der Waals surface area contributed by atoms with E-state index in [9.17, 15) is 20.2 Å². The lowest BCUT2D eigenvalue weighted by Gasteiger charge is -2.13. The van der Waals surface area contributed by atoms with Gasteiger partial charge in [0, 0.05) is 34.2 Å². The van der Waals surface area contributed by atoms with Crippen molar-refractivity contribution >= 4 is 39.4 Å². The van der Waals surface area contributed by atoms with E-state index in [1.807, 2.05) is 0 Å². The fourth-order valence-electron chi connectivity index (χ4n) is 2.05. The number of hydrogen-bond acceptors (Lipinski definition) is 4. The molecule has 0 saturated carbocycles. The lowest BCUT2D eigenvalue weighted by molar-refractivity contribution is -0.433. The summed E-state index contributed by atoms with van der Waals surface area (Å²) in [6.07, 6.45) is 0. The predicted octanol–water partition coefficient (Wildman–Crippen LogP) is 2.62. The third-order valence-corrected chi connectivity index (χ3v) is 3.22. The van der Waals surface area contributed by atoms with Crippen LogP contribution in [0.25, 0.3) is 22.1 Å². The summed E-state index contributed by atoms with van der Waals surface area (Å²) in [6, 6.07) is 7.77. The number of nitrogens with zero attached hydrogens (tertiary/aromatic N) is 3. The van der Waals surface area contributed by atoms with E-state index in [0.29, 0.717) is 14.2 Å². The van der Waals surface area contributed by atoms with E-state index >= 15 is 0 Å². The number of aromatic nitrogens is 2. The molecule has 0 aliphatic rings. The van der Waals surface area contributed by atoms with Crippen molar-refractivity contribution in [2.45, 2.75) is 0 Å². The van der Waals surface area contributed by atoms with Gasteiger partial charge in [0.2, 0.25) is 0 Å². The SMILES string of the molecule is O=[N+]([O-])c1ccc2c(c1)n([O-])c1cc(Cl)ccc1[n+]2=O. The van der Waals surface area contributed by atoms with Crippen molar-refractivity contribution in [3.63, 3.8) is 0 Å². The molecule has 8 heteroatoms. The Morgan fingerprint density at radius 1 is 1.10 bits per heavy atom. The molecule has 0 aliphatic heterocycles. The molecule has 0 aliphatic carbocycles. The number of benzene rings is 2. The largest absolute Gasteiger partial charge is 0.805 e. The van der Waals surface area contributed by atoms with Crippen molar-refractivity contribution in [2.75, 3.05) is 0 Å². The first-order valence-corrected chi connectivity index (χ1v) is 5.89. The number of nitro groups is 1.